The van der Waals surface area contributed by atoms with E-state index in [0.29, 0.717) is 6.61 Å². The molecule has 0 unspecified atom stereocenters. The maximum absolute atomic E-state index is 8.90. The van der Waals surface area contributed by atoms with Gasteiger partial charge in [-0.1, -0.05) is 12.1 Å². The van der Waals surface area contributed by atoms with E-state index >= 15 is 0 Å². The second kappa shape index (κ2) is 6.42. The van der Waals surface area contributed by atoms with Crippen molar-refractivity contribution >= 4 is 0 Å². The van der Waals surface area contributed by atoms with Gasteiger partial charge in [0.1, 0.15) is 5.75 Å². The topological polar surface area (TPSA) is 59.0 Å². The molecule has 3 nitrogen and oxygen atoms in total. The number of nitrogens with zero attached hydrogens (tertiary/aromatic N) is 1. The first-order valence-electron chi connectivity index (χ1n) is 6.34. The van der Waals surface area contributed by atoms with Crippen LogP contribution < -0.4 is 10.5 Å². The summed E-state index contributed by atoms with van der Waals surface area (Å²) in [5.74, 6) is 0.847. The summed E-state index contributed by atoms with van der Waals surface area (Å²) in [4.78, 5) is 0. The Morgan fingerprint density at radius 1 is 1.44 bits per heavy atom. The van der Waals surface area contributed by atoms with Crippen LogP contribution in [0.1, 0.15) is 45.2 Å². The first-order valence-corrected chi connectivity index (χ1v) is 6.34. The average molecular weight is 246 g/mol. The van der Waals surface area contributed by atoms with Crippen LogP contribution in [0.2, 0.25) is 0 Å². The molecular formula is C15H22N2O. The fraction of sp³-hybridized carbons (Fsp3) is 0.533. The lowest BCUT2D eigenvalue weighted by Crippen LogP contribution is -2.10. The van der Waals surface area contributed by atoms with Gasteiger partial charge in [-0.05, 0) is 51.3 Å². The molecule has 0 saturated heterocycles. The van der Waals surface area contributed by atoms with Gasteiger partial charge in [-0.3, -0.25) is 0 Å². The Labute approximate surface area is 110 Å². The van der Waals surface area contributed by atoms with E-state index in [2.05, 4.69) is 6.07 Å². The monoisotopic (exact) mass is 246 g/mol. The molecule has 0 aliphatic carbocycles. The van der Waals surface area contributed by atoms with Gasteiger partial charge >= 0.3 is 0 Å². The third-order valence-electron chi connectivity index (χ3n) is 2.90. The van der Waals surface area contributed by atoms with Gasteiger partial charge in [0.15, 0.2) is 0 Å². The quantitative estimate of drug-likeness (QED) is 0.782. The molecular weight excluding hydrogens is 224 g/mol. The highest BCUT2D eigenvalue weighted by Gasteiger charge is 2.15. The second-order valence-corrected chi connectivity index (χ2v) is 5.31. The fourth-order valence-corrected chi connectivity index (χ4v) is 1.65. The number of nitrogens with two attached hydrogens (primary N) is 1. The number of hydrogen-bond acceptors (Lipinski definition) is 3. The minimum Gasteiger partial charge on any atom is -0.494 e. The number of rotatable bonds is 6. The molecule has 0 radical (unpaired) electrons. The molecule has 0 heterocycles. The maximum Gasteiger partial charge on any atom is 0.119 e. The average Bonchev–Trinajstić information content (AvgIpc) is 2.35. The normalized spacial score (nSPS) is 12.8. The van der Waals surface area contributed by atoms with Crippen LogP contribution in [-0.2, 0) is 0 Å². The van der Waals surface area contributed by atoms with E-state index in [1.165, 1.54) is 0 Å². The predicted molar refractivity (Wildman–Crippen MR) is 73.2 cm³/mol. The van der Waals surface area contributed by atoms with Crippen LogP contribution in [0.4, 0.5) is 0 Å². The van der Waals surface area contributed by atoms with E-state index in [1.807, 2.05) is 45.0 Å². The van der Waals surface area contributed by atoms with Crippen LogP contribution in [0.25, 0.3) is 0 Å². The van der Waals surface area contributed by atoms with Gasteiger partial charge in [0.05, 0.1) is 18.1 Å². The summed E-state index contributed by atoms with van der Waals surface area (Å²) in [6.45, 7) is 6.48. The highest BCUT2D eigenvalue weighted by molar-refractivity contribution is 5.30. The van der Waals surface area contributed by atoms with Gasteiger partial charge in [-0.2, -0.15) is 5.26 Å². The van der Waals surface area contributed by atoms with Crippen molar-refractivity contribution in [1.29, 1.82) is 5.26 Å². The van der Waals surface area contributed by atoms with Gasteiger partial charge in [0.2, 0.25) is 0 Å². The number of ether oxygens (including phenoxy) is 1. The van der Waals surface area contributed by atoms with Crippen LogP contribution in [0.5, 0.6) is 5.75 Å². The summed E-state index contributed by atoms with van der Waals surface area (Å²) < 4.78 is 5.67. The summed E-state index contributed by atoms with van der Waals surface area (Å²) in [6.07, 6.45) is 1.72. The zero-order valence-electron chi connectivity index (χ0n) is 11.4. The molecule has 1 atom stereocenters. The van der Waals surface area contributed by atoms with E-state index < -0.39 is 0 Å². The van der Waals surface area contributed by atoms with E-state index in [0.717, 1.165) is 24.2 Å². The third kappa shape index (κ3) is 4.77. The molecule has 2 N–H and O–H groups in total. The Kier molecular flexibility index (Phi) is 5.18. The van der Waals surface area contributed by atoms with Crippen molar-refractivity contribution in [2.75, 3.05) is 6.61 Å². The Morgan fingerprint density at radius 2 is 2.17 bits per heavy atom. The molecule has 0 bridgehead atoms. The van der Waals surface area contributed by atoms with Gasteiger partial charge < -0.3 is 10.5 Å². The largest absolute Gasteiger partial charge is 0.494 e. The van der Waals surface area contributed by atoms with Crippen molar-refractivity contribution < 1.29 is 4.74 Å². The van der Waals surface area contributed by atoms with Crippen molar-refractivity contribution in [3.8, 4) is 11.8 Å². The molecule has 98 valence electrons. The summed E-state index contributed by atoms with van der Waals surface area (Å²) in [7, 11) is 0. The highest BCUT2D eigenvalue weighted by Crippen LogP contribution is 2.22. The van der Waals surface area contributed by atoms with Gasteiger partial charge in [0, 0.05) is 6.04 Å². The van der Waals surface area contributed by atoms with Gasteiger partial charge in [-0.25, -0.2) is 0 Å². The maximum atomic E-state index is 8.90. The number of hydrogen-bond donors (Lipinski definition) is 1. The molecule has 0 saturated carbocycles. The first-order chi connectivity index (χ1) is 8.44. The molecule has 0 aliphatic rings. The Hall–Kier alpha value is -1.53. The van der Waals surface area contributed by atoms with Crippen LogP contribution in [-0.4, -0.2) is 6.61 Å². The van der Waals surface area contributed by atoms with Crippen molar-refractivity contribution in [2.45, 2.75) is 39.7 Å². The predicted octanol–water partition coefficient (Wildman–Crippen LogP) is 3.42. The van der Waals surface area contributed by atoms with Crippen molar-refractivity contribution in [3.63, 3.8) is 0 Å². The molecule has 0 fully saturated rings. The van der Waals surface area contributed by atoms with E-state index in [-0.39, 0.29) is 11.5 Å². The van der Waals surface area contributed by atoms with Crippen molar-refractivity contribution in [1.82, 2.24) is 0 Å². The standard InChI is InChI=1S/C15H22N2O/c1-12(17)13-6-4-7-14(10-13)18-9-5-8-15(2,3)11-16/h4,6-7,10,12H,5,8-9,17H2,1-3H3/t12-/m0/s1. The first kappa shape index (κ1) is 14.5. The van der Waals surface area contributed by atoms with Crippen LogP contribution in [0.3, 0.4) is 0 Å². The molecule has 1 aromatic carbocycles. The van der Waals surface area contributed by atoms with Gasteiger partial charge in [-0.15, -0.1) is 0 Å². The Bertz CT molecular complexity index is 419. The lowest BCUT2D eigenvalue weighted by molar-refractivity contribution is 0.284. The number of benzene rings is 1. The molecule has 3 heteroatoms. The summed E-state index contributed by atoms with van der Waals surface area (Å²) in [5, 5.41) is 8.90. The minimum atomic E-state index is -0.267. The van der Waals surface area contributed by atoms with Crippen molar-refractivity contribution in [3.05, 3.63) is 29.8 Å². The van der Waals surface area contributed by atoms with E-state index in [9.17, 15) is 0 Å². The zero-order valence-corrected chi connectivity index (χ0v) is 11.4. The van der Waals surface area contributed by atoms with Gasteiger partial charge in [0.25, 0.3) is 0 Å². The zero-order chi connectivity index (χ0) is 13.6. The van der Waals surface area contributed by atoms with E-state index in [4.69, 9.17) is 15.7 Å². The SMILES string of the molecule is C[C@H](N)c1cccc(OCCCC(C)(C)C#N)c1. The lowest BCUT2D eigenvalue weighted by Gasteiger charge is -2.15. The Balaban J connectivity index is 2.41. The second-order valence-electron chi connectivity index (χ2n) is 5.31. The molecule has 1 aromatic rings. The van der Waals surface area contributed by atoms with Crippen LogP contribution in [0, 0.1) is 16.7 Å². The summed E-state index contributed by atoms with van der Waals surface area (Å²) in [6, 6.07) is 10.2. The smallest absolute Gasteiger partial charge is 0.119 e. The molecule has 0 amide bonds. The van der Waals surface area contributed by atoms with Crippen LogP contribution >= 0.6 is 0 Å². The lowest BCUT2D eigenvalue weighted by atomic mass is 9.90. The molecule has 18 heavy (non-hydrogen) atoms. The van der Waals surface area contributed by atoms with Crippen molar-refractivity contribution in [2.24, 2.45) is 11.1 Å². The molecule has 0 spiro atoms. The minimum absolute atomic E-state index is 0.0195. The summed E-state index contributed by atoms with van der Waals surface area (Å²) in [5.41, 5.74) is 6.63. The summed E-state index contributed by atoms with van der Waals surface area (Å²) >= 11 is 0. The Morgan fingerprint density at radius 3 is 2.78 bits per heavy atom. The molecule has 1 rings (SSSR count). The molecule has 0 aliphatic heterocycles. The molecule has 0 aromatic heterocycles. The fourth-order valence-electron chi connectivity index (χ4n) is 1.65. The number of nitriles is 1. The van der Waals surface area contributed by atoms with Crippen LogP contribution in [0.15, 0.2) is 24.3 Å². The highest BCUT2D eigenvalue weighted by atomic mass is 16.5. The third-order valence-corrected chi connectivity index (χ3v) is 2.90. The van der Waals surface area contributed by atoms with E-state index in [1.54, 1.807) is 0 Å².